The standard InChI is InChI=1S/C43H45F3N6O5/c1-28(48-41(54)30-12-18-35-29(25-30)7-4-11-39(35)57-34-16-13-31(14-17-34)43(44,45)46)36-9-5-8-32(49-36)27-51-20-22-52(23-21-51)33-15-19-40(56-3)38(26-33)50-37(10-6-24-53)42(55)47-2/h4-5,7-9,11-19,24-26,28,37,50H,6,10,20-23,27H2,1-3H3,(H,47,55)(H,48,54). The summed E-state index contributed by atoms with van der Waals surface area (Å²) in [6.45, 7) is 5.67. The summed E-state index contributed by atoms with van der Waals surface area (Å²) in [5.74, 6) is 0.847. The van der Waals surface area contributed by atoms with E-state index in [1.54, 1.807) is 44.5 Å². The number of piperazine rings is 1. The Kier molecular flexibility index (Phi) is 12.9. The molecule has 0 radical (unpaired) electrons. The minimum Gasteiger partial charge on any atom is -0.495 e. The van der Waals surface area contributed by atoms with E-state index in [2.05, 4.69) is 25.8 Å². The number of aromatic nitrogens is 1. The van der Waals surface area contributed by atoms with Crippen LogP contribution in [0.5, 0.6) is 17.2 Å². The van der Waals surface area contributed by atoms with Crippen molar-refractivity contribution in [2.75, 3.05) is 50.6 Å². The molecule has 1 aromatic heterocycles. The van der Waals surface area contributed by atoms with Gasteiger partial charge in [0.2, 0.25) is 5.91 Å². The van der Waals surface area contributed by atoms with Crippen LogP contribution in [-0.4, -0.2) is 74.4 Å². The van der Waals surface area contributed by atoms with Gasteiger partial charge in [0, 0.05) is 62.8 Å². The quantitative estimate of drug-likeness (QED) is 0.0934. The summed E-state index contributed by atoms with van der Waals surface area (Å²) in [5.41, 5.74) is 2.98. The van der Waals surface area contributed by atoms with Gasteiger partial charge in [-0.25, -0.2) is 0 Å². The van der Waals surface area contributed by atoms with Crippen LogP contribution in [0, 0.1) is 0 Å². The number of methoxy groups -OCH3 is 1. The second-order valence-corrected chi connectivity index (χ2v) is 13.8. The van der Waals surface area contributed by atoms with Crippen LogP contribution in [-0.2, 0) is 22.3 Å². The molecular formula is C43H45F3N6O5. The summed E-state index contributed by atoms with van der Waals surface area (Å²) in [7, 11) is 3.14. The molecule has 57 heavy (non-hydrogen) atoms. The molecule has 5 aromatic rings. The van der Waals surface area contributed by atoms with Crippen molar-refractivity contribution >= 4 is 40.2 Å². The van der Waals surface area contributed by atoms with Crippen molar-refractivity contribution < 1.29 is 37.0 Å². The Balaban J connectivity index is 1.04. The zero-order chi connectivity index (χ0) is 40.5. The zero-order valence-electron chi connectivity index (χ0n) is 31.9. The van der Waals surface area contributed by atoms with Gasteiger partial charge in [-0.05, 0) is 97.6 Å². The second kappa shape index (κ2) is 18.2. The lowest BCUT2D eigenvalue weighted by Gasteiger charge is -2.36. The van der Waals surface area contributed by atoms with Crippen LogP contribution in [0.3, 0.4) is 0 Å². The number of rotatable bonds is 15. The molecule has 1 aliphatic heterocycles. The predicted molar refractivity (Wildman–Crippen MR) is 213 cm³/mol. The Morgan fingerprint density at radius 2 is 1.67 bits per heavy atom. The maximum absolute atomic E-state index is 13.4. The second-order valence-electron chi connectivity index (χ2n) is 13.8. The van der Waals surface area contributed by atoms with Crippen molar-refractivity contribution in [2.45, 2.75) is 44.6 Å². The highest BCUT2D eigenvalue weighted by atomic mass is 19.4. The Morgan fingerprint density at radius 1 is 0.912 bits per heavy atom. The van der Waals surface area contributed by atoms with Gasteiger partial charge in [-0.2, -0.15) is 13.2 Å². The number of fused-ring (bicyclic) bond motifs is 1. The number of ether oxygens (including phenoxy) is 2. The molecule has 1 aliphatic rings. The number of hydrogen-bond acceptors (Lipinski definition) is 9. The highest BCUT2D eigenvalue weighted by Crippen LogP contribution is 2.35. The number of nitrogens with one attached hydrogen (secondary N) is 3. The first-order valence-corrected chi connectivity index (χ1v) is 18.7. The van der Waals surface area contributed by atoms with Crippen LogP contribution in [0.25, 0.3) is 10.8 Å². The molecule has 3 N–H and O–H groups in total. The van der Waals surface area contributed by atoms with Crippen LogP contribution < -0.4 is 30.3 Å². The molecule has 4 aromatic carbocycles. The maximum atomic E-state index is 13.4. The van der Waals surface area contributed by atoms with Crippen molar-refractivity contribution in [2.24, 2.45) is 0 Å². The molecule has 6 rings (SSSR count). The molecule has 0 aliphatic carbocycles. The molecule has 2 atom stereocenters. The third-order valence-corrected chi connectivity index (χ3v) is 9.90. The molecule has 2 amide bonds. The van der Waals surface area contributed by atoms with E-state index in [1.807, 2.05) is 49.4 Å². The fourth-order valence-electron chi connectivity index (χ4n) is 6.77. The molecule has 2 heterocycles. The number of amides is 2. The number of nitrogens with zero attached hydrogens (tertiary/aromatic N) is 3. The summed E-state index contributed by atoms with van der Waals surface area (Å²) in [5, 5.41) is 10.4. The number of benzene rings is 4. The van der Waals surface area contributed by atoms with Crippen LogP contribution >= 0.6 is 0 Å². The van der Waals surface area contributed by atoms with E-state index in [0.717, 1.165) is 67.1 Å². The Morgan fingerprint density at radius 3 is 2.37 bits per heavy atom. The number of aldehydes is 1. The summed E-state index contributed by atoms with van der Waals surface area (Å²) in [4.78, 5) is 46.4. The zero-order valence-corrected chi connectivity index (χ0v) is 31.9. The Labute approximate surface area is 329 Å². The average molecular weight is 783 g/mol. The number of anilines is 2. The van der Waals surface area contributed by atoms with E-state index < -0.39 is 17.8 Å². The third-order valence-electron chi connectivity index (χ3n) is 9.90. The fraction of sp³-hybridized carbons (Fsp3) is 0.302. The number of carbonyl (C=O) groups is 3. The third kappa shape index (κ3) is 10.2. The van der Waals surface area contributed by atoms with Crippen LogP contribution in [0.4, 0.5) is 24.5 Å². The normalized spacial score (nSPS) is 14.4. The van der Waals surface area contributed by atoms with Crippen molar-refractivity contribution in [3.05, 3.63) is 120 Å². The van der Waals surface area contributed by atoms with Gasteiger partial charge in [0.05, 0.1) is 35.8 Å². The monoisotopic (exact) mass is 782 g/mol. The molecule has 2 unspecified atom stereocenters. The van der Waals surface area contributed by atoms with Crippen molar-refractivity contribution in [1.29, 1.82) is 0 Å². The minimum atomic E-state index is -4.43. The highest BCUT2D eigenvalue weighted by molar-refractivity contribution is 6.00. The minimum absolute atomic E-state index is 0.205. The largest absolute Gasteiger partial charge is 0.495 e. The number of likely N-dealkylation sites (N-methyl/N-ethyl adjacent to an activating group) is 1. The van der Waals surface area contributed by atoms with Crippen molar-refractivity contribution in [3.63, 3.8) is 0 Å². The molecule has 0 spiro atoms. The number of carbonyl (C=O) groups excluding carboxylic acids is 3. The van der Waals surface area contributed by atoms with Gasteiger partial charge in [0.25, 0.3) is 5.91 Å². The van der Waals surface area contributed by atoms with Gasteiger partial charge >= 0.3 is 6.18 Å². The number of hydrogen-bond donors (Lipinski definition) is 3. The van der Waals surface area contributed by atoms with Gasteiger partial charge in [0.15, 0.2) is 0 Å². The molecule has 0 bridgehead atoms. The first kappa shape index (κ1) is 40.5. The smallest absolute Gasteiger partial charge is 0.416 e. The van der Waals surface area contributed by atoms with Crippen LogP contribution in [0.15, 0.2) is 97.1 Å². The van der Waals surface area contributed by atoms with Crippen molar-refractivity contribution in [3.8, 4) is 17.2 Å². The van der Waals surface area contributed by atoms with E-state index in [1.165, 1.54) is 12.1 Å². The summed E-state index contributed by atoms with van der Waals surface area (Å²) >= 11 is 0. The van der Waals surface area contributed by atoms with Crippen LogP contribution in [0.1, 0.15) is 53.1 Å². The van der Waals surface area contributed by atoms with E-state index in [0.29, 0.717) is 41.1 Å². The SMILES string of the molecule is CNC(=O)C(CCC=O)Nc1cc(N2CCN(Cc3cccc(C(C)NC(=O)c4ccc5c(Oc6ccc(C(F)(F)F)cc6)cccc5c4)n3)CC2)ccc1OC. The Bertz CT molecular complexity index is 2190. The van der Waals surface area contributed by atoms with E-state index in [4.69, 9.17) is 14.5 Å². The van der Waals surface area contributed by atoms with Gasteiger partial charge in [-0.1, -0.05) is 18.2 Å². The number of halogens is 3. The van der Waals surface area contributed by atoms with Crippen molar-refractivity contribution in [1.82, 2.24) is 20.5 Å². The van der Waals surface area contributed by atoms with E-state index in [9.17, 15) is 27.6 Å². The average Bonchev–Trinajstić information content (AvgIpc) is 3.22. The van der Waals surface area contributed by atoms with Gasteiger partial charge in [0.1, 0.15) is 29.6 Å². The molecule has 1 fully saturated rings. The van der Waals surface area contributed by atoms with E-state index >= 15 is 0 Å². The Hall–Kier alpha value is -6.15. The lowest BCUT2D eigenvalue weighted by Crippen LogP contribution is -2.46. The summed E-state index contributed by atoms with van der Waals surface area (Å²) in [6.07, 6.45) is -3.02. The molecule has 11 nitrogen and oxygen atoms in total. The first-order chi connectivity index (χ1) is 27.4. The fourth-order valence-corrected chi connectivity index (χ4v) is 6.77. The maximum Gasteiger partial charge on any atom is 0.416 e. The van der Waals surface area contributed by atoms with Gasteiger partial charge in [-0.15, -0.1) is 0 Å². The molecule has 1 saturated heterocycles. The summed E-state index contributed by atoms with van der Waals surface area (Å²) in [6, 6.07) is 25.7. The predicted octanol–water partition coefficient (Wildman–Crippen LogP) is 7.37. The number of pyridine rings is 1. The highest BCUT2D eigenvalue weighted by Gasteiger charge is 2.30. The topological polar surface area (TPSA) is 125 Å². The molecule has 14 heteroatoms. The van der Waals surface area contributed by atoms with Gasteiger partial charge < -0.3 is 35.1 Å². The molecule has 298 valence electrons. The lowest BCUT2D eigenvalue weighted by atomic mass is 10.1. The van der Waals surface area contributed by atoms with Crippen LogP contribution in [0.2, 0.25) is 0 Å². The molecule has 0 saturated carbocycles. The molecular weight excluding hydrogens is 738 g/mol. The van der Waals surface area contributed by atoms with E-state index in [-0.39, 0.29) is 30.0 Å². The first-order valence-electron chi connectivity index (χ1n) is 18.7. The number of alkyl halides is 3. The lowest BCUT2D eigenvalue weighted by molar-refractivity contribution is -0.137. The summed E-state index contributed by atoms with van der Waals surface area (Å²) < 4.78 is 50.4. The van der Waals surface area contributed by atoms with Gasteiger partial charge in [-0.3, -0.25) is 19.5 Å².